The summed E-state index contributed by atoms with van der Waals surface area (Å²) in [7, 11) is 1.76. The summed E-state index contributed by atoms with van der Waals surface area (Å²) in [6.45, 7) is 3.12. The summed E-state index contributed by atoms with van der Waals surface area (Å²) in [5, 5.41) is 0. The second-order valence-corrected chi connectivity index (χ2v) is 8.27. The molecule has 5 rings (SSSR count). The Morgan fingerprint density at radius 2 is 1.91 bits per heavy atom. The average molecular weight is 432 g/mol. The van der Waals surface area contributed by atoms with Crippen molar-refractivity contribution in [3.8, 4) is 11.3 Å². The monoisotopic (exact) mass is 431 g/mol. The number of amides is 1. The third-order valence-corrected chi connectivity index (χ3v) is 6.33. The molecule has 0 aliphatic carbocycles. The highest BCUT2D eigenvalue weighted by Crippen LogP contribution is 2.30. The maximum atomic E-state index is 13.3. The van der Waals surface area contributed by atoms with Crippen LogP contribution < -0.4 is 11.4 Å². The van der Waals surface area contributed by atoms with Gasteiger partial charge in [0.05, 0.1) is 35.0 Å². The van der Waals surface area contributed by atoms with E-state index in [0.29, 0.717) is 31.4 Å². The van der Waals surface area contributed by atoms with Crippen LogP contribution in [0.25, 0.3) is 33.3 Å². The molecule has 0 saturated carbocycles. The molecule has 1 aliphatic rings. The third kappa shape index (κ3) is 3.25. The number of rotatable bonds is 3. The van der Waals surface area contributed by atoms with Gasteiger partial charge in [-0.05, 0) is 44.0 Å². The van der Waals surface area contributed by atoms with Gasteiger partial charge in [-0.25, -0.2) is 9.78 Å². The molecule has 0 spiro atoms. The maximum Gasteiger partial charge on any atom is 0.329 e. The Morgan fingerprint density at radius 3 is 2.59 bits per heavy atom. The normalized spacial score (nSPS) is 15.0. The molecule has 5 heterocycles. The Balaban J connectivity index is 1.65. The molecule has 1 saturated heterocycles. The Bertz CT molecular complexity index is 1380. The molecule has 9 nitrogen and oxygen atoms in total. The molecular formula is C23H25N7O2. The molecule has 4 aromatic heterocycles. The van der Waals surface area contributed by atoms with Crippen molar-refractivity contribution >= 4 is 28.0 Å². The fourth-order valence-corrected chi connectivity index (χ4v) is 4.51. The lowest BCUT2D eigenvalue weighted by Crippen LogP contribution is -2.43. The summed E-state index contributed by atoms with van der Waals surface area (Å²) in [5.41, 5.74) is 11.0. The van der Waals surface area contributed by atoms with E-state index in [4.69, 9.17) is 10.7 Å². The largest absolute Gasteiger partial charge is 0.341 e. The van der Waals surface area contributed by atoms with Crippen molar-refractivity contribution in [3.63, 3.8) is 0 Å². The number of likely N-dealkylation sites (tertiary alicyclic amines) is 1. The van der Waals surface area contributed by atoms with Crippen molar-refractivity contribution in [1.29, 1.82) is 0 Å². The van der Waals surface area contributed by atoms with E-state index in [9.17, 15) is 9.59 Å². The van der Waals surface area contributed by atoms with Crippen LogP contribution in [0.15, 0.2) is 41.5 Å². The third-order valence-electron chi connectivity index (χ3n) is 6.33. The van der Waals surface area contributed by atoms with E-state index in [-0.39, 0.29) is 24.2 Å². The minimum Gasteiger partial charge on any atom is -0.341 e. The quantitative estimate of drug-likeness (QED) is 0.529. The number of aryl methyl sites for hydroxylation is 2. The van der Waals surface area contributed by atoms with Gasteiger partial charge < -0.3 is 10.6 Å². The molecule has 0 bridgehead atoms. The molecule has 0 unspecified atom stereocenters. The topological polar surface area (TPSA) is 112 Å². The van der Waals surface area contributed by atoms with Crippen LogP contribution in [-0.2, 0) is 11.8 Å². The molecule has 0 radical (unpaired) electrons. The van der Waals surface area contributed by atoms with Gasteiger partial charge in [-0.2, -0.15) is 0 Å². The second kappa shape index (κ2) is 7.83. The van der Waals surface area contributed by atoms with Gasteiger partial charge in [0.15, 0.2) is 0 Å². The van der Waals surface area contributed by atoms with E-state index in [1.807, 2.05) is 35.8 Å². The minimum atomic E-state index is -0.0953. The van der Waals surface area contributed by atoms with E-state index in [1.54, 1.807) is 28.9 Å². The van der Waals surface area contributed by atoms with Gasteiger partial charge >= 0.3 is 5.69 Å². The predicted molar refractivity (Wildman–Crippen MR) is 122 cm³/mol. The SMILES string of the molecule is Cc1ccc(-c2ccc3ncc4c(c3n2)n(C2CCN(C(=O)CN)CC2)c(=O)n4C)cn1. The van der Waals surface area contributed by atoms with Crippen molar-refractivity contribution in [1.82, 2.24) is 29.0 Å². The van der Waals surface area contributed by atoms with Crippen LogP contribution in [0.4, 0.5) is 0 Å². The van der Waals surface area contributed by atoms with Gasteiger partial charge in [0, 0.05) is 43.6 Å². The highest BCUT2D eigenvalue weighted by Gasteiger charge is 2.27. The van der Waals surface area contributed by atoms with Crippen LogP contribution in [0.3, 0.4) is 0 Å². The van der Waals surface area contributed by atoms with Crippen molar-refractivity contribution in [2.45, 2.75) is 25.8 Å². The van der Waals surface area contributed by atoms with E-state index < -0.39 is 0 Å². The molecular weight excluding hydrogens is 406 g/mol. The van der Waals surface area contributed by atoms with Gasteiger partial charge in [0.1, 0.15) is 5.52 Å². The first-order valence-corrected chi connectivity index (χ1v) is 10.8. The zero-order valence-corrected chi connectivity index (χ0v) is 18.2. The van der Waals surface area contributed by atoms with Crippen LogP contribution in [0, 0.1) is 6.92 Å². The molecule has 0 aromatic carbocycles. The van der Waals surface area contributed by atoms with Crippen LogP contribution in [0.5, 0.6) is 0 Å². The number of nitrogens with zero attached hydrogens (tertiary/aromatic N) is 6. The number of imidazole rings is 1. The van der Waals surface area contributed by atoms with E-state index in [1.165, 1.54) is 0 Å². The first kappa shape index (κ1) is 20.3. The molecule has 32 heavy (non-hydrogen) atoms. The number of hydrogen-bond donors (Lipinski definition) is 1. The summed E-state index contributed by atoms with van der Waals surface area (Å²) >= 11 is 0. The number of fused-ring (bicyclic) bond motifs is 3. The summed E-state index contributed by atoms with van der Waals surface area (Å²) < 4.78 is 3.47. The molecule has 164 valence electrons. The predicted octanol–water partition coefficient (Wildman–Crippen LogP) is 1.78. The zero-order chi connectivity index (χ0) is 22.4. The van der Waals surface area contributed by atoms with Gasteiger partial charge in [0.25, 0.3) is 0 Å². The summed E-state index contributed by atoms with van der Waals surface area (Å²) in [5.74, 6) is -0.0543. The van der Waals surface area contributed by atoms with Crippen molar-refractivity contribution in [2.75, 3.05) is 19.6 Å². The first-order valence-electron chi connectivity index (χ1n) is 10.8. The Morgan fingerprint density at radius 1 is 1.12 bits per heavy atom. The molecule has 1 amide bonds. The van der Waals surface area contributed by atoms with Crippen LogP contribution in [0.2, 0.25) is 0 Å². The molecule has 1 aliphatic heterocycles. The van der Waals surface area contributed by atoms with Crippen LogP contribution >= 0.6 is 0 Å². The Labute approximate surface area is 184 Å². The number of piperidine rings is 1. The fourth-order valence-electron chi connectivity index (χ4n) is 4.51. The number of carbonyl (C=O) groups is 1. The number of aromatic nitrogens is 5. The maximum absolute atomic E-state index is 13.3. The number of pyridine rings is 3. The lowest BCUT2D eigenvalue weighted by Gasteiger charge is -2.32. The molecule has 4 aromatic rings. The molecule has 2 N–H and O–H groups in total. The average Bonchev–Trinajstić information content (AvgIpc) is 3.09. The molecule has 1 fully saturated rings. The lowest BCUT2D eigenvalue weighted by atomic mass is 10.0. The highest BCUT2D eigenvalue weighted by atomic mass is 16.2. The minimum absolute atomic E-state index is 0.00968. The van der Waals surface area contributed by atoms with E-state index in [0.717, 1.165) is 33.5 Å². The number of nitrogens with two attached hydrogens (primary N) is 1. The molecule has 9 heteroatoms. The Hall–Kier alpha value is -3.59. The van der Waals surface area contributed by atoms with Crippen molar-refractivity contribution in [3.05, 3.63) is 52.8 Å². The molecule has 0 atom stereocenters. The fraction of sp³-hybridized carbons (Fsp3) is 0.348. The Kier molecular flexibility index (Phi) is 4.97. The second-order valence-electron chi connectivity index (χ2n) is 8.27. The lowest BCUT2D eigenvalue weighted by molar-refractivity contribution is -0.130. The summed E-state index contributed by atoms with van der Waals surface area (Å²) in [6.07, 6.45) is 4.92. The first-order chi connectivity index (χ1) is 15.5. The van der Waals surface area contributed by atoms with Crippen molar-refractivity contribution < 1.29 is 4.79 Å². The number of carbonyl (C=O) groups excluding carboxylic acids is 1. The van der Waals surface area contributed by atoms with Gasteiger partial charge in [-0.15, -0.1) is 0 Å². The highest BCUT2D eigenvalue weighted by molar-refractivity contribution is 6.00. The van der Waals surface area contributed by atoms with Crippen LogP contribution in [-0.4, -0.2) is 54.5 Å². The zero-order valence-electron chi connectivity index (χ0n) is 18.2. The van der Waals surface area contributed by atoms with E-state index >= 15 is 0 Å². The summed E-state index contributed by atoms with van der Waals surface area (Å²) in [4.78, 5) is 40.8. The van der Waals surface area contributed by atoms with Gasteiger partial charge in [0.2, 0.25) is 5.91 Å². The van der Waals surface area contributed by atoms with E-state index in [2.05, 4.69) is 9.97 Å². The standard InChI is InChI=1S/C23H25N7O2/c1-14-3-4-15(12-25-14)17-5-6-18-21(27-17)22-19(13-26-18)28(2)23(32)30(22)16-7-9-29(10-8-16)20(31)11-24/h3-6,12-13,16H,7-11,24H2,1-2H3. The van der Waals surface area contributed by atoms with Gasteiger partial charge in [-0.1, -0.05) is 0 Å². The van der Waals surface area contributed by atoms with Gasteiger partial charge in [-0.3, -0.25) is 23.9 Å². The smallest absolute Gasteiger partial charge is 0.329 e. The number of hydrogen-bond acceptors (Lipinski definition) is 6. The van der Waals surface area contributed by atoms with Crippen molar-refractivity contribution in [2.24, 2.45) is 12.8 Å². The summed E-state index contributed by atoms with van der Waals surface area (Å²) in [6, 6.07) is 7.78. The van der Waals surface area contributed by atoms with Crippen LogP contribution in [0.1, 0.15) is 24.6 Å².